The van der Waals surface area contributed by atoms with E-state index in [1.165, 1.54) is 12.1 Å². The zero-order valence-corrected chi connectivity index (χ0v) is 7.84. The Hall–Kier alpha value is -1.71. The number of aldehydes is 1. The number of hydrogen-bond donors (Lipinski definition) is 0. The molecule has 1 rings (SSSR count). The first-order chi connectivity index (χ1) is 6.63. The van der Waals surface area contributed by atoms with Crippen molar-refractivity contribution in [2.24, 2.45) is 5.92 Å². The number of benzene rings is 1. The lowest BCUT2D eigenvalue weighted by molar-refractivity contribution is -0.384. The second-order valence-corrected chi connectivity index (χ2v) is 3.24. The molecular formula is C10H11NO3. The van der Waals surface area contributed by atoms with Crippen LogP contribution in [0.3, 0.4) is 0 Å². The number of rotatable bonds is 4. The van der Waals surface area contributed by atoms with Gasteiger partial charge in [-0.3, -0.25) is 10.1 Å². The Bertz CT molecular complexity index is 332. The lowest BCUT2D eigenvalue weighted by Crippen LogP contribution is -2.00. The summed E-state index contributed by atoms with van der Waals surface area (Å²) in [4.78, 5) is 20.3. The minimum Gasteiger partial charge on any atom is -0.303 e. The third-order valence-corrected chi connectivity index (χ3v) is 1.94. The Morgan fingerprint density at radius 2 is 2.00 bits per heavy atom. The van der Waals surface area contributed by atoms with Gasteiger partial charge in [0.2, 0.25) is 0 Å². The molecule has 0 saturated carbocycles. The molecule has 0 amide bonds. The van der Waals surface area contributed by atoms with Crippen molar-refractivity contribution in [2.45, 2.75) is 13.3 Å². The summed E-state index contributed by atoms with van der Waals surface area (Å²) in [6, 6.07) is 6.26. The normalized spacial score (nSPS) is 12.1. The highest BCUT2D eigenvalue weighted by atomic mass is 16.6. The van der Waals surface area contributed by atoms with Gasteiger partial charge in [0.05, 0.1) is 4.92 Å². The van der Waals surface area contributed by atoms with Gasteiger partial charge in [-0.25, -0.2) is 0 Å². The van der Waals surface area contributed by atoms with Crippen molar-refractivity contribution in [1.29, 1.82) is 0 Å². The van der Waals surface area contributed by atoms with E-state index >= 15 is 0 Å². The van der Waals surface area contributed by atoms with Crippen LogP contribution in [0.2, 0.25) is 0 Å². The molecule has 0 aliphatic carbocycles. The Kier molecular flexibility index (Phi) is 3.34. The standard InChI is InChI=1S/C10H11NO3/c1-8(7-12)6-9-2-4-10(5-3-9)11(13)14/h2-5,7-8H,6H2,1H3. The van der Waals surface area contributed by atoms with Gasteiger partial charge in [0.1, 0.15) is 6.29 Å². The van der Waals surface area contributed by atoms with E-state index in [-0.39, 0.29) is 11.6 Å². The van der Waals surface area contributed by atoms with Gasteiger partial charge in [-0.1, -0.05) is 19.1 Å². The molecule has 0 aliphatic heterocycles. The summed E-state index contributed by atoms with van der Waals surface area (Å²) in [7, 11) is 0. The quantitative estimate of drug-likeness (QED) is 0.417. The van der Waals surface area contributed by atoms with Crippen LogP contribution in [0, 0.1) is 16.0 Å². The van der Waals surface area contributed by atoms with Gasteiger partial charge >= 0.3 is 0 Å². The number of nitro benzene ring substituents is 1. The van der Waals surface area contributed by atoms with Crippen LogP contribution in [0.15, 0.2) is 24.3 Å². The second kappa shape index (κ2) is 4.50. The van der Waals surface area contributed by atoms with Gasteiger partial charge in [0.15, 0.2) is 0 Å². The molecule has 0 radical (unpaired) electrons. The molecule has 1 aromatic carbocycles. The molecule has 0 aromatic heterocycles. The van der Waals surface area contributed by atoms with E-state index in [4.69, 9.17) is 0 Å². The molecule has 74 valence electrons. The van der Waals surface area contributed by atoms with Crippen molar-refractivity contribution >= 4 is 12.0 Å². The van der Waals surface area contributed by atoms with Crippen LogP contribution in [0.25, 0.3) is 0 Å². The highest BCUT2D eigenvalue weighted by Gasteiger charge is 2.05. The van der Waals surface area contributed by atoms with E-state index in [1.54, 1.807) is 12.1 Å². The van der Waals surface area contributed by atoms with Crippen molar-refractivity contribution in [3.8, 4) is 0 Å². The van der Waals surface area contributed by atoms with E-state index < -0.39 is 4.92 Å². The summed E-state index contributed by atoms with van der Waals surface area (Å²) in [5.41, 5.74) is 1.02. The minimum absolute atomic E-state index is 0.0449. The first-order valence-corrected chi connectivity index (χ1v) is 4.32. The Morgan fingerprint density at radius 3 is 2.43 bits per heavy atom. The zero-order valence-electron chi connectivity index (χ0n) is 7.84. The number of carbonyl (C=O) groups excluding carboxylic acids is 1. The molecule has 0 saturated heterocycles. The predicted octanol–water partition coefficient (Wildman–Crippen LogP) is 1.97. The molecule has 1 aromatic rings. The van der Waals surface area contributed by atoms with Crippen LogP contribution >= 0.6 is 0 Å². The highest BCUT2D eigenvalue weighted by molar-refractivity contribution is 5.53. The first kappa shape index (κ1) is 10.4. The zero-order chi connectivity index (χ0) is 10.6. The van der Waals surface area contributed by atoms with Crippen LogP contribution in [0.4, 0.5) is 5.69 Å². The highest BCUT2D eigenvalue weighted by Crippen LogP contribution is 2.14. The third-order valence-electron chi connectivity index (χ3n) is 1.94. The van der Waals surface area contributed by atoms with E-state index in [0.717, 1.165) is 11.8 Å². The second-order valence-electron chi connectivity index (χ2n) is 3.24. The Labute approximate surface area is 81.7 Å². The fourth-order valence-corrected chi connectivity index (χ4v) is 1.17. The number of nitro groups is 1. The van der Waals surface area contributed by atoms with E-state index in [9.17, 15) is 14.9 Å². The summed E-state index contributed by atoms with van der Waals surface area (Å²) < 4.78 is 0. The minimum atomic E-state index is -0.438. The molecule has 0 N–H and O–H groups in total. The molecule has 14 heavy (non-hydrogen) atoms. The maximum atomic E-state index is 10.4. The van der Waals surface area contributed by atoms with Gasteiger partial charge in [-0.2, -0.15) is 0 Å². The molecule has 1 atom stereocenters. The summed E-state index contributed by atoms with van der Waals surface area (Å²) in [6.07, 6.45) is 1.50. The maximum absolute atomic E-state index is 10.4. The number of nitrogens with zero attached hydrogens (tertiary/aromatic N) is 1. The third kappa shape index (κ3) is 2.65. The van der Waals surface area contributed by atoms with Crippen molar-refractivity contribution in [3.63, 3.8) is 0 Å². The van der Waals surface area contributed by atoms with Gasteiger partial charge in [-0.05, 0) is 12.0 Å². The topological polar surface area (TPSA) is 60.2 Å². The SMILES string of the molecule is CC(C=O)Cc1ccc([N+](=O)[O-])cc1. The monoisotopic (exact) mass is 193 g/mol. The fraction of sp³-hybridized carbons (Fsp3) is 0.300. The molecule has 1 unspecified atom stereocenters. The van der Waals surface area contributed by atoms with Crippen LogP contribution in [0.1, 0.15) is 12.5 Å². The van der Waals surface area contributed by atoms with Crippen LogP contribution in [0.5, 0.6) is 0 Å². The Morgan fingerprint density at radius 1 is 1.43 bits per heavy atom. The van der Waals surface area contributed by atoms with Crippen LogP contribution in [-0.4, -0.2) is 11.2 Å². The van der Waals surface area contributed by atoms with E-state index in [0.29, 0.717) is 6.42 Å². The van der Waals surface area contributed by atoms with Gasteiger partial charge in [0, 0.05) is 18.1 Å². The summed E-state index contributed by atoms with van der Waals surface area (Å²) in [6.45, 7) is 1.81. The lowest BCUT2D eigenvalue weighted by Gasteiger charge is -2.02. The molecule has 0 fully saturated rings. The number of hydrogen-bond acceptors (Lipinski definition) is 3. The lowest BCUT2D eigenvalue weighted by atomic mass is 10.0. The average Bonchev–Trinajstić information content (AvgIpc) is 2.18. The van der Waals surface area contributed by atoms with Crippen molar-refractivity contribution in [3.05, 3.63) is 39.9 Å². The van der Waals surface area contributed by atoms with Gasteiger partial charge in [0.25, 0.3) is 5.69 Å². The molecule has 0 bridgehead atoms. The first-order valence-electron chi connectivity index (χ1n) is 4.32. The molecular weight excluding hydrogens is 182 g/mol. The number of carbonyl (C=O) groups is 1. The molecule has 4 heteroatoms. The number of non-ortho nitro benzene ring substituents is 1. The van der Waals surface area contributed by atoms with Crippen molar-refractivity contribution < 1.29 is 9.72 Å². The predicted molar refractivity (Wildman–Crippen MR) is 52.0 cm³/mol. The summed E-state index contributed by atoms with van der Waals surface area (Å²) in [5, 5.41) is 10.3. The van der Waals surface area contributed by atoms with E-state index in [2.05, 4.69) is 0 Å². The molecule has 4 nitrogen and oxygen atoms in total. The van der Waals surface area contributed by atoms with E-state index in [1.807, 2.05) is 6.92 Å². The van der Waals surface area contributed by atoms with Gasteiger partial charge in [-0.15, -0.1) is 0 Å². The molecule has 0 aliphatic rings. The van der Waals surface area contributed by atoms with Gasteiger partial charge < -0.3 is 4.79 Å². The van der Waals surface area contributed by atoms with Crippen molar-refractivity contribution in [2.75, 3.05) is 0 Å². The Balaban J connectivity index is 2.73. The molecule has 0 spiro atoms. The summed E-state index contributed by atoms with van der Waals surface area (Å²) in [5.74, 6) is -0.0449. The largest absolute Gasteiger partial charge is 0.303 e. The van der Waals surface area contributed by atoms with Crippen LogP contribution < -0.4 is 0 Å². The maximum Gasteiger partial charge on any atom is 0.269 e. The molecule has 0 heterocycles. The van der Waals surface area contributed by atoms with Crippen molar-refractivity contribution in [1.82, 2.24) is 0 Å². The van der Waals surface area contributed by atoms with Crippen LogP contribution in [-0.2, 0) is 11.2 Å². The average molecular weight is 193 g/mol. The summed E-state index contributed by atoms with van der Waals surface area (Å²) >= 11 is 0. The fourth-order valence-electron chi connectivity index (χ4n) is 1.17. The smallest absolute Gasteiger partial charge is 0.269 e.